The van der Waals surface area contributed by atoms with Crippen molar-refractivity contribution in [3.05, 3.63) is 57.9 Å². The van der Waals surface area contributed by atoms with Crippen molar-refractivity contribution in [2.24, 2.45) is 0 Å². The Bertz CT molecular complexity index is 676. The maximum absolute atomic E-state index is 12.7. The second-order valence-corrected chi connectivity index (χ2v) is 5.45. The molecule has 4 nitrogen and oxygen atoms in total. The first-order valence-electron chi connectivity index (χ1n) is 6.29. The van der Waals surface area contributed by atoms with E-state index in [1.807, 2.05) is 24.4 Å². The molecule has 1 aliphatic heterocycles. The zero-order valence-electron chi connectivity index (χ0n) is 11.2. The zero-order chi connectivity index (χ0) is 14.1. The number of carbonyl (C=O) groups is 1. The molecule has 1 N–H and O–H groups in total. The van der Waals surface area contributed by atoms with Crippen LogP contribution in [0.15, 0.2) is 41.9 Å². The lowest BCUT2D eigenvalue weighted by molar-refractivity contribution is -0.120. The van der Waals surface area contributed by atoms with Crippen LogP contribution in [0.2, 0.25) is 0 Å². The van der Waals surface area contributed by atoms with Crippen LogP contribution in [-0.4, -0.2) is 17.8 Å². The summed E-state index contributed by atoms with van der Waals surface area (Å²) < 4.78 is 5.79. The van der Waals surface area contributed by atoms with Crippen molar-refractivity contribution in [1.82, 2.24) is 10.3 Å². The Balaban J connectivity index is 2.02. The average molecular weight is 286 g/mol. The van der Waals surface area contributed by atoms with Crippen molar-refractivity contribution in [1.29, 1.82) is 0 Å². The number of hydrogen-bond acceptors (Lipinski definition) is 5. The van der Waals surface area contributed by atoms with Crippen LogP contribution in [0.4, 0.5) is 0 Å². The predicted octanol–water partition coefficient (Wildman–Crippen LogP) is 2.68. The van der Waals surface area contributed by atoms with Crippen LogP contribution in [0.3, 0.4) is 0 Å². The first kappa shape index (κ1) is 12.9. The molecule has 3 rings (SSSR count). The summed E-state index contributed by atoms with van der Waals surface area (Å²) in [6.45, 7) is 2.00. The Kier molecular flexibility index (Phi) is 3.28. The Morgan fingerprint density at radius 3 is 2.85 bits per heavy atom. The van der Waals surface area contributed by atoms with E-state index in [1.165, 1.54) is 0 Å². The summed E-state index contributed by atoms with van der Waals surface area (Å²) in [5, 5.41) is 4.96. The number of ketones is 1. The molecule has 3 heterocycles. The number of hydrogen-bond donors (Lipinski definition) is 1. The third-order valence-electron chi connectivity index (χ3n) is 3.25. The lowest BCUT2D eigenvalue weighted by atomic mass is 10.0. The SMILES string of the molecule is CNC1=C(c2sccc2C)C(=O)C(c2cccnc2)O1. The molecule has 20 heavy (non-hydrogen) atoms. The predicted molar refractivity (Wildman–Crippen MR) is 78.1 cm³/mol. The van der Waals surface area contributed by atoms with Crippen LogP contribution < -0.4 is 5.32 Å². The molecule has 0 amide bonds. The van der Waals surface area contributed by atoms with E-state index in [1.54, 1.807) is 36.8 Å². The standard InChI is InChI=1S/C15H14N2O2S/c1-9-5-7-20-14(9)11-12(18)13(19-15(11)16-2)10-4-3-6-17-8-10/h3-8,13,16H,1-2H3. The molecule has 1 unspecified atom stereocenters. The monoisotopic (exact) mass is 286 g/mol. The molecule has 0 fully saturated rings. The van der Waals surface area contributed by atoms with E-state index >= 15 is 0 Å². The molecule has 2 aromatic heterocycles. The van der Waals surface area contributed by atoms with Gasteiger partial charge in [-0.2, -0.15) is 0 Å². The summed E-state index contributed by atoms with van der Waals surface area (Å²) in [5.74, 6) is 0.516. The minimum absolute atomic E-state index is 0.0205. The van der Waals surface area contributed by atoms with Gasteiger partial charge in [0.15, 0.2) is 12.0 Å². The third kappa shape index (κ3) is 2.00. The third-order valence-corrected chi connectivity index (χ3v) is 4.28. The van der Waals surface area contributed by atoms with Crippen molar-refractivity contribution >= 4 is 22.7 Å². The largest absolute Gasteiger partial charge is 0.462 e. The average Bonchev–Trinajstić information content (AvgIpc) is 3.03. The van der Waals surface area contributed by atoms with Crippen molar-refractivity contribution in [3.63, 3.8) is 0 Å². The number of nitrogens with one attached hydrogen (secondary N) is 1. The maximum Gasteiger partial charge on any atom is 0.214 e. The molecule has 0 bridgehead atoms. The smallest absolute Gasteiger partial charge is 0.214 e. The molecule has 0 saturated heterocycles. The first-order valence-corrected chi connectivity index (χ1v) is 7.17. The fourth-order valence-corrected chi connectivity index (χ4v) is 3.22. The van der Waals surface area contributed by atoms with Gasteiger partial charge in [0.2, 0.25) is 5.78 Å². The molecule has 0 spiro atoms. The molecule has 0 radical (unpaired) electrons. The van der Waals surface area contributed by atoms with Gasteiger partial charge < -0.3 is 10.1 Å². The number of rotatable bonds is 3. The van der Waals surface area contributed by atoms with E-state index in [-0.39, 0.29) is 5.78 Å². The van der Waals surface area contributed by atoms with Gasteiger partial charge in [0.25, 0.3) is 0 Å². The highest BCUT2D eigenvalue weighted by molar-refractivity contribution is 7.11. The minimum atomic E-state index is -0.609. The number of pyridine rings is 1. The van der Waals surface area contributed by atoms with Crippen LogP contribution in [0.1, 0.15) is 22.1 Å². The molecular weight excluding hydrogens is 272 g/mol. The maximum atomic E-state index is 12.7. The van der Waals surface area contributed by atoms with Gasteiger partial charge in [0, 0.05) is 29.9 Å². The number of carbonyl (C=O) groups excluding carboxylic acids is 1. The van der Waals surface area contributed by atoms with Crippen LogP contribution >= 0.6 is 11.3 Å². The number of aryl methyl sites for hydroxylation is 1. The second-order valence-electron chi connectivity index (χ2n) is 4.54. The lowest BCUT2D eigenvalue weighted by Crippen LogP contribution is -2.10. The molecule has 1 aliphatic rings. The van der Waals surface area contributed by atoms with E-state index in [2.05, 4.69) is 10.3 Å². The molecule has 5 heteroatoms. The van der Waals surface area contributed by atoms with Gasteiger partial charge in [-0.15, -0.1) is 11.3 Å². The number of aromatic nitrogens is 1. The lowest BCUT2D eigenvalue weighted by Gasteiger charge is -2.10. The van der Waals surface area contributed by atoms with Crippen LogP contribution in [0, 0.1) is 6.92 Å². The van der Waals surface area contributed by atoms with Gasteiger partial charge in [-0.1, -0.05) is 6.07 Å². The van der Waals surface area contributed by atoms with Gasteiger partial charge >= 0.3 is 0 Å². The fourth-order valence-electron chi connectivity index (χ4n) is 2.25. The molecule has 0 saturated carbocycles. The summed E-state index contributed by atoms with van der Waals surface area (Å²) in [6, 6.07) is 5.66. The molecule has 2 aromatic rings. The summed E-state index contributed by atoms with van der Waals surface area (Å²) in [5.41, 5.74) is 2.49. The zero-order valence-corrected chi connectivity index (χ0v) is 12.0. The summed E-state index contributed by atoms with van der Waals surface area (Å²) in [4.78, 5) is 17.7. The van der Waals surface area contributed by atoms with E-state index in [4.69, 9.17) is 4.74 Å². The summed E-state index contributed by atoms with van der Waals surface area (Å²) in [7, 11) is 1.76. The van der Waals surface area contributed by atoms with Crippen molar-refractivity contribution in [2.75, 3.05) is 7.05 Å². The highest BCUT2D eigenvalue weighted by Crippen LogP contribution is 2.39. The van der Waals surface area contributed by atoms with Gasteiger partial charge in [0.05, 0.1) is 5.57 Å². The molecule has 102 valence electrons. The van der Waals surface area contributed by atoms with Crippen molar-refractivity contribution < 1.29 is 9.53 Å². The highest BCUT2D eigenvalue weighted by Gasteiger charge is 2.37. The Labute approximate surface area is 121 Å². The van der Waals surface area contributed by atoms with Crippen LogP contribution in [-0.2, 0) is 9.53 Å². The normalized spacial score (nSPS) is 18.3. The fraction of sp³-hybridized carbons (Fsp3) is 0.200. The number of ether oxygens (including phenoxy) is 1. The van der Waals surface area contributed by atoms with Gasteiger partial charge in [-0.3, -0.25) is 9.78 Å². The van der Waals surface area contributed by atoms with Crippen molar-refractivity contribution in [3.8, 4) is 0 Å². The van der Waals surface area contributed by atoms with Crippen LogP contribution in [0.25, 0.3) is 5.57 Å². The molecule has 0 aliphatic carbocycles. The number of nitrogens with zero attached hydrogens (tertiary/aromatic N) is 1. The van der Waals surface area contributed by atoms with E-state index in [0.29, 0.717) is 11.5 Å². The Hall–Kier alpha value is -2.14. The number of Topliss-reactive ketones (excluding diaryl/α,β-unsaturated/α-hetero) is 1. The topological polar surface area (TPSA) is 51.2 Å². The first-order chi connectivity index (χ1) is 9.72. The second kappa shape index (κ2) is 5.09. The van der Waals surface area contributed by atoms with Crippen molar-refractivity contribution in [2.45, 2.75) is 13.0 Å². The van der Waals surface area contributed by atoms with E-state index < -0.39 is 6.10 Å². The Morgan fingerprint density at radius 2 is 2.25 bits per heavy atom. The molecular formula is C15H14N2O2S. The van der Waals surface area contributed by atoms with E-state index in [0.717, 1.165) is 16.0 Å². The minimum Gasteiger partial charge on any atom is -0.462 e. The molecule has 1 atom stereocenters. The Morgan fingerprint density at radius 1 is 1.40 bits per heavy atom. The van der Waals surface area contributed by atoms with Gasteiger partial charge in [-0.05, 0) is 30.0 Å². The highest BCUT2D eigenvalue weighted by atomic mass is 32.1. The number of thiophene rings is 1. The summed E-state index contributed by atoms with van der Waals surface area (Å²) in [6.07, 6.45) is 2.74. The van der Waals surface area contributed by atoms with Crippen LogP contribution in [0.5, 0.6) is 0 Å². The van der Waals surface area contributed by atoms with E-state index in [9.17, 15) is 4.79 Å². The van der Waals surface area contributed by atoms with Gasteiger partial charge in [0.1, 0.15) is 0 Å². The summed E-state index contributed by atoms with van der Waals surface area (Å²) >= 11 is 1.55. The molecule has 0 aromatic carbocycles. The van der Waals surface area contributed by atoms with Gasteiger partial charge in [-0.25, -0.2) is 0 Å². The quantitative estimate of drug-likeness (QED) is 0.942.